The van der Waals surface area contributed by atoms with Gasteiger partial charge in [0.15, 0.2) is 0 Å². The largest absolute Gasteiger partial charge is 0.328 e. The molecule has 1 aromatic heterocycles. The maximum Gasteiger partial charge on any atom is 0.254 e. The fourth-order valence-corrected chi connectivity index (χ4v) is 6.25. The van der Waals surface area contributed by atoms with Gasteiger partial charge in [-0.25, -0.2) is 18.4 Å². The van der Waals surface area contributed by atoms with Crippen LogP contribution in [0.3, 0.4) is 0 Å². The molecule has 146 valence electrons. The molecule has 1 aromatic carbocycles. The Bertz CT molecular complexity index is 1020. The van der Waals surface area contributed by atoms with Crippen LogP contribution in [0.4, 0.5) is 0 Å². The molecule has 4 heterocycles. The average molecular weight is 398 g/mol. The molecule has 0 saturated carbocycles. The van der Waals surface area contributed by atoms with Crippen molar-refractivity contribution in [2.24, 2.45) is 0 Å². The number of nitrogens with zero attached hydrogens (tertiary/aromatic N) is 4. The summed E-state index contributed by atoms with van der Waals surface area (Å²) in [6.07, 6.45) is 7.81. The van der Waals surface area contributed by atoms with Gasteiger partial charge >= 0.3 is 0 Å². The number of sulfonamides is 1. The standard InChI is InChI=1S/C20H22N4O3S/c25-20(24-15-5-8-19(24)17-12-21-13-22-18(17)11-15)14-3-6-16(7-4-14)28(26,27)23-9-1-2-10-23/h3-4,6-7,12-13,15,19H,1-2,5,8-11H2. The highest BCUT2D eigenvalue weighted by atomic mass is 32.2. The molecule has 0 N–H and O–H groups in total. The number of aromatic nitrogens is 2. The molecule has 3 aliphatic heterocycles. The molecule has 0 aliphatic carbocycles. The van der Waals surface area contributed by atoms with Gasteiger partial charge in [-0.15, -0.1) is 0 Å². The third-order valence-corrected chi connectivity index (χ3v) is 8.07. The Balaban J connectivity index is 1.41. The summed E-state index contributed by atoms with van der Waals surface area (Å²) >= 11 is 0. The van der Waals surface area contributed by atoms with Crippen molar-refractivity contribution in [3.8, 4) is 0 Å². The molecule has 2 aromatic rings. The minimum Gasteiger partial charge on any atom is -0.328 e. The molecule has 2 bridgehead atoms. The van der Waals surface area contributed by atoms with Crippen LogP contribution in [-0.4, -0.2) is 52.6 Å². The SMILES string of the molecule is O=C(c1ccc(S(=O)(=O)N2CCCC2)cc1)N1C2CCC1c1cncnc1C2. The van der Waals surface area contributed by atoms with Gasteiger partial charge in [-0.2, -0.15) is 4.31 Å². The highest BCUT2D eigenvalue weighted by Gasteiger charge is 2.43. The number of fused-ring (bicyclic) bond motifs is 4. The summed E-state index contributed by atoms with van der Waals surface area (Å²) in [5.41, 5.74) is 2.61. The molecule has 0 spiro atoms. The molecule has 8 heteroatoms. The highest BCUT2D eigenvalue weighted by Crippen LogP contribution is 2.43. The van der Waals surface area contributed by atoms with Gasteiger partial charge in [0.05, 0.1) is 16.6 Å². The van der Waals surface area contributed by atoms with Crippen LogP contribution >= 0.6 is 0 Å². The van der Waals surface area contributed by atoms with Crippen molar-refractivity contribution in [1.82, 2.24) is 19.2 Å². The number of benzene rings is 1. The topological polar surface area (TPSA) is 83.5 Å². The van der Waals surface area contributed by atoms with Crippen LogP contribution in [-0.2, 0) is 16.4 Å². The van der Waals surface area contributed by atoms with E-state index < -0.39 is 10.0 Å². The van der Waals surface area contributed by atoms with Gasteiger partial charge in [-0.05, 0) is 49.9 Å². The highest BCUT2D eigenvalue weighted by molar-refractivity contribution is 7.89. The molecule has 2 unspecified atom stereocenters. The molecular formula is C20H22N4O3S. The molecular weight excluding hydrogens is 376 g/mol. The van der Waals surface area contributed by atoms with Crippen LogP contribution in [0.1, 0.15) is 53.3 Å². The molecule has 3 aliphatic rings. The van der Waals surface area contributed by atoms with Gasteiger partial charge in [0.1, 0.15) is 6.33 Å². The van der Waals surface area contributed by atoms with E-state index in [0.29, 0.717) is 18.7 Å². The Morgan fingerprint density at radius 1 is 1.07 bits per heavy atom. The van der Waals surface area contributed by atoms with Gasteiger partial charge in [-0.3, -0.25) is 4.79 Å². The summed E-state index contributed by atoms with van der Waals surface area (Å²) in [4.78, 5) is 23.9. The summed E-state index contributed by atoms with van der Waals surface area (Å²) in [7, 11) is -3.46. The zero-order valence-electron chi connectivity index (χ0n) is 15.5. The molecule has 2 saturated heterocycles. The first kappa shape index (κ1) is 17.8. The van der Waals surface area contributed by atoms with E-state index in [-0.39, 0.29) is 22.9 Å². The lowest BCUT2D eigenvalue weighted by molar-refractivity contribution is 0.0643. The van der Waals surface area contributed by atoms with E-state index in [1.807, 2.05) is 11.1 Å². The predicted octanol–water partition coefficient (Wildman–Crippen LogP) is 2.16. The number of carbonyl (C=O) groups is 1. The van der Waals surface area contributed by atoms with Crippen molar-refractivity contribution < 1.29 is 13.2 Å². The summed E-state index contributed by atoms with van der Waals surface area (Å²) < 4.78 is 26.9. The first-order chi connectivity index (χ1) is 13.6. The average Bonchev–Trinajstić information content (AvgIpc) is 3.36. The lowest BCUT2D eigenvalue weighted by Gasteiger charge is -2.35. The van der Waals surface area contributed by atoms with Gasteiger partial charge in [-0.1, -0.05) is 0 Å². The molecule has 1 amide bonds. The fraction of sp³-hybridized carbons (Fsp3) is 0.450. The Morgan fingerprint density at radius 2 is 1.82 bits per heavy atom. The summed E-state index contributed by atoms with van der Waals surface area (Å²) in [6, 6.07) is 6.56. The van der Waals surface area contributed by atoms with E-state index >= 15 is 0 Å². The Morgan fingerprint density at radius 3 is 2.57 bits per heavy atom. The third-order valence-electron chi connectivity index (χ3n) is 6.16. The van der Waals surface area contributed by atoms with Crippen molar-refractivity contribution in [2.45, 2.75) is 49.1 Å². The van der Waals surface area contributed by atoms with Crippen molar-refractivity contribution in [2.75, 3.05) is 13.1 Å². The summed E-state index contributed by atoms with van der Waals surface area (Å²) in [6.45, 7) is 1.14. The van der Waals surface area contributed by atoms with E-state index in [2.05, 4.69) is 9.97 Å². The molecule has 28 heavy (non-hydrogen) atoms. The van der Waals surface area contributed by atoms with E-state index in [1.54, 1.807) is 30.6 Å². The van der Waals surface area contributed by atoms with Crippen LogP contribution in [0.15, 0.2) is 41.7 Å². The molecule has 5 rings (SSSR count). The second-order valence-corrected chi connectivity index (χ2v) is 9.66. The summed E-state index contributed by atoms with van der Waals surface area (Å²) in [5, 5.41) is 0. The molecule has 2 fully saturated rings. The molecule has 0 radical (unpaired) electrons. The quantitative estimate of drug-likeness (QED) is 0.791. The van der Waals surface area contributed by atoms with Crippen molar-refractivity contribution in [3.05, 3.63) is 53.6 Å². The number of hydrogen-bond donors (Lipinski definition) is 0. The number of amides is 1. The van der Waals surface area contributed by atoms with Crippen molar-refractivity contribution in [3.63, 3.8) is 0 Å². The van der Waals surface area contributed by atoms with E-state index in [1.165, 1.54) is 4.31 Å². The van der Waals surface area contributed by atoms with Crippen molar-refractivity contribution >= 4 is 15.9 Å². The smallest absolute Gasteiger partial charge is 0.254 e. The lowest BCUT2D eigenvalue weighted by atomic mass is 9.98. The van der Waals surface area contributed by atoms with Gasteiger partial charge in [0, 0.05) is 42.9 Å². The maximum absolute atomic E-state index is 13.2. The third kappa shape index (κ3) is 2.74. The number of rotatable bonds is 3. The normalized spacial score (nSPS) is 24.4. The Labute approximate surface area is 164 Å². The monoisotopic (exact) mass is 398 g/mol. The fourth-order valence-electron chi connectivity index (χ4n) is 4.73. The maximum atomic E-state index is 13.2. The van der Waals surface area contributed by atoms with Crippen molar-refractivity contribution in [1.29, 1.82) is 0 Å². The first-order valence-corrected chi connectivity index (χ1v) is 11.2. The zero-order chi connectivity index (χ0) is 19.3. The van der Waals surface area contributed by atoms with E-state index in [0.717, 1.165) is 43.4 Å². The van der Waals surface area contributed by atoms with Gasteiger partial charge < -0.3 is 4.90 Å². The summed E-state index contributed by atoms with van der Waals surface area (Å²) in [5.74, 6) is -0.0490. The zero-order valence-corrected chi connectivity index (χ0v) is 16.3. The van der Waals surface area contributed by atoms with Crippen LogP contribution in [0.5, 0.6) is 0 Å². The minimum atomic E-state index is -3.46. The lowest BCUT2D eigenvalue weighted by Crippen LogP contribution is -2.42. The number of hydrogen-bond acceptors (Lipinski definition) is 5. The molecule has 7 nitrogen and oxygen atoms in total. The van der Waals surface area contributed by atoms with Crippen LogP contribution < -0.4 is 0 Å². The predicted molar refractivity (Wildman–Crippen MR) is 102 cm³/mol. The minimum absolute atomic E-state index is 0.00968. The Hall–Kier alpha value is -2.32. The van der Waals surface area contributed by atoms with Crippen LogP contribution in [0.25, 0.3) is 0 Å². The number of carbonyl (C=O) groups excluding carboxylic acids is 1. The van der Waals surface area contributed by atoms with Gasteiger partial charge in [0.2, 0.25) is 10.0 Å². The van der Waals surface area contributed by atoms with Gasteiger partial charge in [0.25, 0.3) is 5.91 Å². The molecule has 2 atom stereocenters. The Kier molecular flexibility index (Phi) is 4.21. The van der Waals surface area contributed by atoms with Crippen LogP contribution in [0, 0.1) is 0 Å². The second-order valence-electron chi connectivity index (χ2n) is 7.72. The van der Waals surface area contributed by atoms with E-state index in [9.17, 15) is 13.2 Å². The van der Waals surface area contributed by atoms with Crippen LogP contribution in [0.2, 0.25) is 0 Å². The second kappa shape index (κ2) is 6.63. The first-order valence-electron chi connectivity index (χ1n) is 9.77. The van der Waals surface area contributed by atoms with E-state index in [4.69, 9.17) is 0 Å².